The van der Waals surface area contributed by atoms with E-state index >= 15 is 0 Å². The maximum Gasteiger partial charge on any atom is 0.234 e. The summed E-state index contributed by atoms with van der Waals surface area (Å²) in [6.45, 7) is 9.60. The number of rotatable bonds is 8. The molecule has 1 N–H and O–H groups in total. The largest absolute Gasteiger partial charge is 0.338 e. The average molecular weight is 484 g/mol. The number of carbonyl (C=O) groups excluding carboxylic acids is 1. The van der Waals surface area contributed by atoms with Gasteiger partial charge in [-0.25, -0.2) is 4.98 Å². The highest BCUT2D eigenvalue weighted by Gasteiger charge is 2.19. The van der Waals surface area contributed by atoms with Gasteiger partial charge in [0.05, 0.1) is 0 Å². The fraction of sp³-hybridized carbons (Fsp3) is 0.435. The highest BCUT2D eigenvalue weighted by atomic mass is 32.2. The van der Waals surface area contributed by atoms with Crippen molar-refractivity contribution < 1.29 is 4.79 Å². The van der Waals surface area contributed by atoms with E-state index in [-0.39, 0.29) is 5.78 Å². The molecule has 0 atom stereocenters. The molecule has 33 heavy (non-hydrogen) atoms. The van der Waals surface area contributed by atoms with Crippen molar-refractivity contribution in [1.82, 2.24) is 24.8 Å². The first kappa shape index (κ1) is 23.6. The molecular weight excluding hydrogens is 454 g/mol. The lowest BCUT2D eigenvalue weighted by atomic mass is 10.1. The van der Waals surface area contributed by atoms with Crippen LogP contribution in [0.1, 0.15) is 37.1 Å². The molecule has 2 aromatic heterocycles. The molecule has 0 saturated carbocycles. The predicted octanol–water partition coefficient (Wildman–Crippen LogP) is 4.23. The third-order valence-corrected chi connectivity index (χ3v) is 7.37. The lowest BCUT2D eigenvalue weighted by molar-refractivity contribution is -0.116. The van der Waals surface area contributed by atoms with E-state index in [1.807, 2.05) is 30.5 Å². The van der Waals surface area contributed by atoms with Gasteiger partial charge in [0.25, 0.3) is 0 Å². The first-order valence-corrected chi connectivity index (χ1v) is 12.7. The zero-order valence-corrected chi connectivity index (χ0v) is 21.0. The molecule has 10 heteroatoms. The Bertz CT molecular complexity index is 1090. The van der Waals surface area contributed by atoms with Crippen LogP contribution in [0.15, 0.2) is 40.5 Å². The number of benzene rings is 1. The summed E-state index contributed by atoms with van der Waals surface area (Å²) in [7, 11) is 2.13. The van der Waals surface area contributed by atoms with Crippen LogP contribution in [-0.2, 0) is 11.2 Å². The van der Waals surface area contributed by atoms with Gasteiger partial charge in [-0.2, -0.15) is 15.0 Å². The lowest BCUT2D eigenvalue weighted by Gasteiger charge is -2.32. The Labute approximate surface area is 202 Å². The number of ketones is 1. The van der Waals surface area contributed by atoms with Gasteiger partial charge in [-0.3, -0.25) is 10.1 Å². The summed E-state index contributed by atoms with van der Waals surface area (Å²) >= 11 is 3.10. The number of hydrogen-bond acceptors (Lipinski definition) is 10. The highest BCUT2D eigenvalue weighted by molar-refractivity contribution is 7.99. The molecule has 8 nitrogen and oxygen atoms in total. The van der Waals surface area contributed by atoms with E-state index in [4.69, 9.17) is 9.97 Å². The summed E-state index contributed by atoms with van der Waals surface area (Å²) in [4.78, 5) is 36.7. The van der Waals surface area contributed by atoms with Gasteiger partial charge < -0.3 is 9.80 Å². The zero-order valence-electron chi connectivity index (χ0n) is 19.4. The van der Waals surface area contributed by atoms with E-state index in [0.717, 1.165) is 41.8 Å². The summed E-state index contributed by atoms with van der Waals surface area (Å²) in [5, 5.41) is 4.68. The number of piperazine rings is 1. The van der Waals surface area contributed by atoms with Gasteiger partial charge in [0.1, 0.15) is 5.78 Å². The van der Waals surface area contributed by atoms with Crippen LogP contribution in [-0.4, -0.2) is 63.8 Å². The van der Waals surface area contributed by atoms with Crippen molar-refractivity contribution in [2.75, 3.05) is 43.4 Å². The smallest absolute Gasteiger partial charge is 0.234 e. The van der Waals surface area contributed by atoms with E-state index < -0.39 is 0 Å². The van der Waals surface area contributed by atoms with Gasteiger partial charge >= 0.3 is 0 Å². The molecule has 0 spiro atoms. The Hall–Kier alpha value is -2.56. The molecule has 174 valence electrons. The van der Waals surface area contributed by atoms with Gasteiger partial charge in [-0.05, 0) is 49.3 Å². The molecule has 0 unspecified atom stereocenters. The standard InChI is InChI=1S/C23H29N7OS2/c1-15(2)19-14-24-22(33-19)26-20-25-21(30-11-9-29(4)10-12-30)28-23(27-20)32-18-7-5-17(6-8-18)13-16(3)31/h5-8,14-15H,9-13H2,1-4H3,(H,24,25,26,27,28). The molecule has 1 aromatic carbocycles. The second-order valence-electron chi connectivity index (χ2n) is 8.50. The van der Waals surface area contributed by atoms with Gasteiger partial charge in [0, 0.05) is 48.6 Å². The number of nitrogens with one attached hydrogen (secondary N) is 1. The average Bonchev–Trinajstić information content (AvgIpc) is 3.24. The van der Waals surface area contributed by atoms with Gasteiger partial charge in [0.2, 0.25) is 11.9 Å². The summed E-state index contributed by atoms with van der Waals surface area (Å²) in [5.74, 6) is 1.76. The minimum absolute atomic E-state index is 0.156. The number of Topliss-reactive ketones (excluding diaryl/α,β-unsaturated/α-hetero) is 1. The zero-order chi connectivity index (χ0) is 23.4. The molecule has 4 rings (SSSR count). The minimum atomic E-state index is 0.156. The van der Waals surface area contributed by atoms with Crippen LogP contribution in [0, 0.1) is 0 Å². The SMILES string of the molecule is CC(=O)Cc1ccc(Sc2nc(Nc3ncc(C(C)C)s3)nc(N3CCN(C)CC3)n2)cc1. The molecular formula is C23H29N7OS2. The summed E-state index contributed by atoms with van der Waals surface area (Å²) in [5.41, 5.74) is 1.01. The van der Waals surface area contributed by atoms with Crippen molar-refractivity contribution in [2.45, 2.75) is 43.2 Å². The summed E-state index contributed by atoms with van der Waals surface area (Å²) in [6, 6.07) is 7.97. The Morgan fingerprint density at radius 3 is 2.48 bits per heavy atom. The van der Waals surface area contributed by atoms with Crippen molar-refractivity contribution in [3.63, 3.8) is 0 Å². The van der Waals surface area contributed by atoms with Gasteiger partial charge in [-0.1, -0.05) is 26.0 Å². The summed E-state index contributed by atoms with van der Waals surface area (Å²) in [6.07, 6.45) is 2.35. The number of thiazole rings is 1. The topological polar surface area (TPSA) is 87.1 Å². The highest BCUT2D eigenvalue weighted by Crippen LogP contribution is 2.30. The first-order chi connectivity index (χ1) is 15.9. The van der Waals surface area contributed by atoms with E-state index in [9.17, 15) is 4.79 Å². The van der Waals surface area contributed by atoms with Crippen molar-refractivity contribution in [2.24, 2.45) is 0 Å². The van der Waals surface area contributed by atoms with Crippen LogP contribution < -0.4 is 10.2 Å². The lowest BCUT2D eigenvalue weighted by Crippen LogP contribution is -2.45. The maximum absolute atomic E-state index is 11.4. The third-order valence-electron chi connectivity index (χ3n) is 5.29. The predicted molar refractivity (Wildman–Crippen MR) is 134 cm³/mol. The van der Waals surface area contributed by atoms with Crippen molar-refractivity contribution >= 4 is 45.9 Å². The van der Waals surface area contributed by atoms with Crippen LogP contribution in [0.5, 0.6) is 0 Å². The molecule has 0 bridgehead atoms. The summed E-state index contributed by atoms with van der Waals surface area (Å²) < 4.78 is 0. The monoisotopic (exact) mass is 483 g/mol. The quantitative estimate of drug-likeness (QED) is 0.506. The van der Waals surface area contributed by atoms with Crippen LogP contribution >= 0.6 is 23.1 Å². The minimum Gasteiger partial charge on any atom is -0.338 e. The number of aromatic nitrogens is 4. The number of likely N-dealkylation sites (N-methyl/N-ethyl adjacent to an activating group) is 1. The van der Waals surface area contributed by atoms with Crippen LogP contribution in [0.25, 0.3) is 0 Å². The molecule has 0 aliphatic carbocycles. The third kappa shape index (κ3) is 6.49. The van der Waals surface area contributed by atoms with Crippen LogP contribution in [0.3, 0.4) is 0 Å². The number of nitrogens with zero attached hydrogens (tertiary/aromatic N) is 6. The molecule has 3 heterocycles. The number of anilines is 3. The number of carbonyl (C=O) groups is 1. The molecule has 1 aliphatic heterocycles. The Balaban J connectivity index is 1.58. The van der Waals surface area contributed by atoms with Crippen molar-refractivity contribution in [1.29, 1.82) is 0 Å². The Kier molecular flexibility index (Phi) is 7.56. The van der Waals surface area contributed by atoms with Crippen LogP contribution in [0.4, 0.5) is 17.0 Å². The van der Waals surface area contributed by atoms with E-state index in [1.54, 1.807) is 18.3 Å². The normalized spacial score (nSPS) is 14.6. The van der Waals surface area contributed by atoms with E-state index in [2.05, 4.69) is 46.0 Å². The van der Waals surface area contributed by atoms with Gasteiger partial charge in [0.15, 0.2) is 10.3 Å². The molecule has 0 amide bonds. The molecule has 1 saturated heterocycles. The molecule has 3 aromatic rings. The van der Waals surface area contributed by atoms with Crippen molar-refractivity contribution in [3.8, 4) is 0 Å². The second-order valence-corrected chi connectivity index (χ2v) is 10.6. The van der Waals surface area contributed by atoms with Gasteiger partial charge in [-0.15, -0.1) is 11.3 Å². The number of hydrogen-bond donors (Lipinski definition) is 1. The fourth-order valence-electron chi connectivity index (χ4n) is 3.37. The molecule has 0 radical (unpaired) electrons. The fourth-order valence-corrected chi connectivity index (χ4v) is 4.92. The van der Waals surface area contributed by atoms with Crippen molar-refractivity contribution in [3.05, 3.63) is 40.9 Å². The second kappa shape index (κ2) is 10.6. The van der Waals surface area contributed by atoms with E-state index in [0.29, 0.717) is 29.4 Å². The molecule has 1 fully saturated rings. The Morgan fingerprint density at radius 2 is 1.85 bits per heavy atom. The molecule has 1 aliphatic rings. The van der Waals surface area contributed by atoms with E-state index in [1.165, 1.54) is 16.6 Å². The first-order valence-electron chi connectivity index (χ1n) is 11.0. The Morgan fingerprint density at radius 1 is 1.12 bits per heavy atom. The van der Waals surface area contributed by atoms with Crippen LogP contribution in [0.2, 0.25) is 0 Å². The maximum atomic E-state index is 11.4.